The van der Waals surface area contributed by atoms with E-state index in [1.807, 2.05) is 0 Å². The Morgan fingerprint density at radius 3 is 0.632 bits per heavy atom. The zero-order valence-corrected chi connectivity index (χ0v) is 62.7. The molecule has 95 heavy (non-hydrogen) atoms. The first-order chi connectivity index (χ1) is 46.5. The average molecular weight is 1350 g/mol. The van der Waals surface area contributed by atoms with E-state index in [9.17, 15) is 40.2 Å². The molecule has 0 aliphatic carbocycles. The van der Waals surface area contributed by atoms with Crippen molar-refractivity contribution in [1.82, 2.24) is 0 Å². The van der Waals surface area contributed by atoms with Crippen LogP contribution in [-0.2, 0) is 33.3 Å². The molecule has 2 fully saturated rings. The van der Waals surface area contributed by atoms with E-state index in [1.165, 1.54) is 308 Å². The van der Waals surface area contributed by atoms with E-state index in [0.717, 1.165) is 77.0 Å². The maximum atomic E-state index is 13.6. The molecule has 13 heteroatoms. The van der Waals surface area contributed by atoms with Crippen LogP contribution in [0.25, 0.3) is 0 Å². The molecule has 2 heterocycles. The van der Waals surface area contributed by atoms with Gasteiger partial charge in [-0.25, -0.2) is 0 Å². The van der Waals surface area contributed by atoms with E-state index in [0.29, 0.717) is 0 Å². The SMILES string of the molecule is CCCCCCCCCCCCCCCCC(CCCCCCCCCCCCCCCC)CC(=O)OC[C@H]1O[C@H](O[C@H]2O[C@H](COC(=O)CC(CCCCCCCCCCCCCCCC)CCCCCCCCCCCCCCCC)[C@@H](O)[C@H](O)[C@H]2O)[C@H](O)[C@@H](O)[C@@H]1O. The highest BCUT2D eigenvalue weighted by atomic mass is 16.8. The van der Waals surface area contributed by atoms with E-state index in [1.54, 1.807) is 0 Å². The average Bonchev–Trinajstić information content (AvgIpc) is 0.801. The van der Waals surface area contributed by atoms with Crippen LogP contribution in [0.15, 0.2) is 0 Å². The topological polar surface area (TPSA) is 202 Å². The molecule has 0 radical (unpaired) electrons. The number of esters is 2. The van der Waals surface area contributed by atoms with Gasteiger partial charge in [0, 0.05) is 12.8 Å². The van der Waals surface area contributed by atoms with Crippen LogP contribution >= 0.6 is 0 Å². The van der Waals surface area contributed by atoms with Crippen LogP contribution < -0.4 is 0 Å². The molecule has 0 aromatic heterocycles. The highest BCUT2D eigenvalue weighted by molar-refractivity contribution is 5.70. The molecule has 564 valence electrons. The minimum atomic E-state index is -1.82. The predicted octanol–water partition coefficient (Wildman–Crippen LogP) is 21.2. The van der Waals surface area contributed by atoms with Gasteiger partial charge in [-0.1, -0.05) is 387 Å². The van der Waals surface area contributed by atoms with E-state index in [2.05, 4.69) is 27.7 Å². The Morgan fingerprint density at radius 1 is 0.263 bits per heavy atom. The van der Waals surface area contributed by atoms with Crippen LogP contribution in [-0.4, -0.2) is 117 Å². The lowest BCUT2D eigenvalue weighted by molar-refractivity contribution is -0.376. The number of ether oxygens (including phenoxy) is 5. The molecule has 10 atom stereocenters. The molecule has 2 saturated heterocycles. The molecule has 0 aromatic carbocycles. The van der Waals surface area contributed by atoms with Crippen molar-refractivity contribution in [2.24, 2.45) is 11.8 Å². The number of rotatable bonds is 70. The summed E-state index contributed by atoms with van der Waals surface area (Å²) >= 11 is 0. The fourth-order valence-electron chi connectivity index (χ4n) is 14.6. The van der Waals surface area contributed by atoms with Gasteiger partial charge in [0.15, 0.2) is 12.6 Å². The molecule has 6 N–H and O–H groups in total. The van der Waals surface area contributed by atoms with E-state index < -0.39 is 86.6 Å². The highest BCUT2D eigenvalue weighted by Gasteiger charge is 2.50. The van der Waals surface area contributed by atoms with E-state index >= 15 is 0 Å². The third-order valence-electron chi connectivity index (χ3n) is 21.2. The van der Waals surface area contributed by atoms with Gasteiger partial charge in [0.2, 0.25) is 0 Å². The molecular formula is C82H158O13. The summed E-state index contributed by atoms with van der Waals surface area (Å²) in [5, 5.41) is 66.4. The summed E-state index contributed by atoms with van der Waals surface area (Å²) in [5.41, 5.74) is 0. The minimum Gasteiger partial charge on any atom is -0.463 e. The third-order valence-corrected chi connectivity index (χ3v) is 21.2. The van der Waals surface area contributed by atoms with Crippen LogP contribution in [0.5, 0.6) is 0 Å². The summed E-state index contributed by atoms with van der Waals surface area (Å²) in [6.07, 6.45) is 60.2. The summed E-state index contributed by atoms with van der Waals surface area (Å²) < 4.78 is 29.3. The molecular weight excluding hydrogens is 1190 g/mol. The van der Waals surface area contributed by atoms with Gasteiger partial charge in [0.1, 0.15) is 62.0 Å². The molecule has 0 bridgehead atoms. The van der Waals surface area contributed by atoms with Gasteiger partial charge in [-0.15, -0.1) is 0 Å². The van der Waals surface area contributed by atoms with Gasteiger partial charge < -0.3 is 54.3 Å². The largest absolute Gasteiger partial charge is 0.463 e. The first kappa shape index (κ1) is 89.7. The van der Waals surface area contributed by atoms with Crippen LogP contribution in [0.2, 0.25) is 0 Å². The zero-order chi connectivity index (χ0) is 68.9. The van der Waals surface area contributed by atoms with Gasteiger partial charge in [-0.2, -0.15) is 0 Å². The zero-order valence-electron chi connectivity index (χ0n) is 62.7. The van der Waals surface area contributed by atoms with Crippen LogP contribution in [0.3, 0.4) is 0 Å². The lowest BCUT2D eigenvalue weighted by Crippen LogP contribution is -2.64. The second-order valence-corrected chi connectivity index (χ2v) is 30.2. The highest BCUT2D eigenvalue weighted by Crippen LogP contribution is 2.31. The number of hydrogen-bond acceptors (Lipinski definition) is 13. The van der Waals surface area contributed by atoms with Crippen molar-refractivity contribution in [3.8, 4) is 0 Å². The summed E-state index contributed by atoms with van der Waals surface area (Å²) in [6.45, 7) is 8.25. The van der Waals surface area contributed by atoms with Crippen molar-refractivity contribution in [3.63, 3.8) is 0 Å². The van der Waals surface area contributed by atoms with Crippen LogP contribution in [0.4, 0.5) is 0 Å². The third kappa shape index (κ3) is 48.9. The van der Waals surface area contributed by atoms with Gasteiger partial charge in [0.25, 0.3) is 0 Å². The normalized spacial score (nSPS) is 21.6. The van der Waals surface area contributed by atoms with Crippen molar-refractivity contribution >= 4 is 11.9 Å². The number of unbranched alkanes of at least 4 members (excludes halogenated alkanes) is 52. The Bertz CT molecular complexity index is 1470. The van der Waals surface area contributed by atoms with Crippen molar-refractivity contribution in [2.45, 2.75) is 487 Å². The molecule has 2 aliphatic rings. The molecule has 0 amide bonds. The Balaban J connectivity index is 1.93. The molecule has 2 rings (SSSR count). The lowest BCUT2D eigenvalue weighted by Gasteiger charge is -2.44. The fraction of sp³-hybridized carbons (Fsp3) is 0.976. The van der Waals surface area contributed by atoms with Crippen LogP contribution in [0, 0.1) is 11.8 Å². The summed E-state index contributed by atoms with van der Waals surface area (Å²) in [4.78, 5) is 27.2. The standard InChI is InChI=1S/C82H158O13/c1-5-9-13-17-21-25-29-33-37-41-45-49-53-57-61-69(62-58-54-50-46-42-38-34-30-26-22-18-14-10-6-2)65-73(83)91-67-71-75(85)77(87)79(89)81(93-71)95-82-80(90)78(88)76(86)72(94-82)68-92-74(84)66-70(63-59-55-51-47-43-39-35-31-27-23-19-15-11-7-3)64-60-56-52-48-44-40-36-32-28-24-20-16-12-8-4/h69-72,75-82,85-90H,5-68H2,1-4H3/t71-,72-,75-,76-,77+,78+,79-,80-,81-,82-/m1/s1. The van der Waals surface area contributed by atoms with E-state index in [-0.39, 0.29) is 24.7 Å². The fourth-order valence-corrected chi connectivity index (χ4v) is 14.6. The first-order valence-electron chi connectivity index (χ1n) is 41.8. The molecule has 2 aliphatic heterocycles. The first-order valence-corrected chi connectivity index (χ1v) is 41.8. The van der Waals surface area contributed by atoms with Crippen molar-refractivity contribution in [1.29, 1.82) is 0 Å². The van der Waals surface area contributed by atoms with Gasteiger partial charge in [0.05, 0.1) is 0 Å². The second kappa shape index (κ2) is 64.7. The quantitative estimate of drug-likeness (QED) is 0.0248. The Morgan fingerprint density at radius 2 is 0.442 bits per heavy atom. The molecule has 13 nitrogen and oxygen atoms in total. The minimum absolute atomic E-state index is 0.163. The Hall–Kier alpha value is -1.42. The predicted molar refractivity (Wildman–Crippen MR) is 392 cm³/mol. The van der Waals surface area contributed by atoms with E-state index in [4.69, 9.17) is 23.7 Å². The maximum absolute atomic E-state index is 13.6. The number of hydrogen-bond donors (Lipinski definition) is 6. The van der Waals surface area contributed by atoms with Crippen molar-refractivity contribution in [3.05, 3.63) is 0 Å². The number of aliphatic hydroxyl groups excluding tert-OH is 6. The molecule has 0 saturated carbocycles. The van der Waals surface area contributed by atoms with Crippen molar-refractivity contribution in [2.75, 3.05) is 13.2 Å². The number of aliphatic hydroxyl groups is 6. The van der Waals surface area contributed by atoms with Crippen molar-refractivity contribution < 1.29 is 63.9 Å². The van der Waals surface area contributed by atoms with Gasteiger partial charge in [-0.3, -0.25) is 9.59 Å². The van der Waals surface area contributed by atoms with Crippen LogP contribution in [0.1, 0.15) is 426 Å². The van der Waals surface area contributed by atoms with Gasteiger partial charge in [-0.05, 0) is 37.5 Å². The molecule has 0 aromatic rings. The lowest BCUT2D eigenvalue weighted by atomic mass is 9.91. The van der Waals surface area contributed by atoms with Gasteiger partial charge >= 0.3 is 11.9 Å². The molecule has 0 spiro atoms. The monoisotopic (exact) mass is 1350 g/mol. The Labute approximate surface area is 585 Å². The summed E-state index contributed by atoms with van der Waals surface area (Å²) in [7, 11) is 0. The Kier molecular flexibility index (Phi) is 61.0. The summed E-state index contributed by atoms with van der Waals surface area (Å²) in [5.74, 6) is -0.515. The molecule has 0 unspecified atom stereocenters. The maximum Gasteiger partial charge on any atom is 0.306 e. The smallest absolute Gasteiger partial charge is 0.306 e. The second-order valence-electron chi connectivity index (χ2n) is 30.2. The summed E-state index contributed by atoms with van der Waals surface area (Å²) in [6, 6.07) is 0. The number of carbonyl (C=O) groups is 2. The number of carbonyl (C=O) groups excluding carboxylic acids is 2.